The van der Waals surface area contributed by atoms with Crippen molar-refractivity contribution >= 4 is 39.3 Å². The Morgan fingerprint density at radius 1 is 1.32 bits per heavy atom. The van der Waals surface area contributed by atoms with Crippen molar-refractivity contribution < 1.29 is 13.6 Å². The molecule has 19 heavy (non-hydrogen) atoms. The molecule has 0 fully saturated rings. The Morgan fingerprint density at radius 3 is 2.53 bits per heavy atom. The maximum Gasteiger partial charge on any atom is 0.288 e. The molecule has 1 heterocycles. The molecule has 0 saturated heterocycles. The normalized spacial score (nSPS) is 10.7. The molecule has 0 aliphatic carbocycles. The Bertz CT molecular complexity index is 571. The van der Waals surface area contributed by atoms with Crippen LogP contribution in [0.5, 0.6) is 0 Å². The van der Waals surface area contributed by atoms with E-state index in [2.05, 4.69) is 26.2 Å². The summed E-state index contributed by atoms with van der Waals surface area (Å²) in [5, 5.41) is 2.66. The zero-order valence-electron chi connectivity index (χ0n) is 9.49. The Kier molecular flexibility index (Phi) is 4.60. The van der Waals surface area contributed by atoms with Crippen LogP contribution < -0.4 is 5.32 Å². The van der Waals surface area contributed by atoms with Gasteiger partial charge in [0.2, 0.25) is 0 Å². The first-order valence-corrected chi connectivity index (χ1v) is 6.92. The molecular weight excluding hydrogens is 338 g/mol. The highest BCUT2D eigenvalue weighted by Crippen LogP contribution is 2.26. The molecule has 0 aliphatic heterocycles. The molecule has 100 valence electrons. The molecule has 1 aromatic heterocycles. The lowest BCUT2D eigenvalue weighted by Crippen LogP contribution is -2.11. The van der Waals surface area contributed by atoms with Crippen molar-refractivity contribution in [3.8, 4) is 0 Å². The summed E-state index contributed by atoms with van der Waals surface area (Å²) >= 11 is 3.70. The number of rotatable bonds is 4. The van der Waals surface area contributed by atoms with Crippen LogP contribution in [0.3, 0.4) is 0 Å². The van der Waals surface area contributed by atoms with E-state index in [0.29, 0.717) is 28.0 Å². The number of carbonyl (C=O) groups excluding carboxylic acids is 1. The minimum atomic E-state index is -2.45. The van der Waals surface area contributed by atoms with E-state index in [0.717, 1.165) is 4.47 Å². The fourth-order valence-corrected chi connectivity index (χ4v) is 2.26. The largest absolute Gasteiger partial charge is 0.356 e. The first-order chi connectivity index (χ1) is 9.04. The van der Waals surface area contributed by atoms with E-state index in [4.69, 9.17) is 0 Å². The zero-order valence-corrected chi connectivity index (χ0v) is 11.9. The monoisotopic (exact) mass is 346 g/mol. The summed E-state index contributed by atoms with van der Waals surface area (Å²) < 4.78 is 25.1. The topological polar surface area (TPSA) is 44.9 Å². The van der Waals surface area contributed by atoms with Crippen LogP contribution >= 0.6 is 27.7 Å². The molecule has 0 bridgehead atoms. The van der Waals surface area contributed by atoms with Gasteiger partial charge in [0.1, 0.15) is 5.69 Å². The van der Waals surface area contributed by atoms with E-state index in [1.54, 1.807) is 24.4 Å². The van der Waals surface area contributed by atoms with Gasteiger partial charge >= 0.3 is 0 Å². The fraction of sp³-hybridized carbons (Fsp3) is 0.0833. The van der Waals surface area contributed by atoms with Crippen LogP contribution in [0, 0.1) is 0 Å². The average molecular weight is 347 g/mol. The number of hydrogen-bond acceptors (Lipinski definition) is 2. The van der Waals surface area contributed by atoms with Crippen LogP contribution in [-0.2, 0) is 0 Å². The summed E-state index contributed by atoms with van der Waals surface area (Å²) in [5.74, 6) is -2.74. The van der Waals surface area contributed by atoms with E-state index < -0.39 is 5.76 Å². The number of hydrogen-bond donors (Lipinski definition) is 2. The molecule has 2 rings (SSSR count). The average Bonchev–Trinajstić information content (AvgIpc) is 2.78. The van der Waals surface area contributed by atoms with Crippen LogP contribution in [-0.4, -0.2) is 16.6 Å². The summed E-state index contributed by atoms with van der Waals surface area (Å²) in [6.45, 7) is 0. The van der Waals surface area contributed by atoms with Gasteiger partial charge in [-0.15, -0.1) is 0 Å². The number of halogens is 3. The van der Waals surface area contributed by atoms with Crippen LogP contribution in [0.25, 0.3) is 0 Å². The van der Waals surface area contributed by atoms with Gasteiger partial charge in [0.15, 0.2) is 0 Å². The molecule has 0 radical (unpaired) electrons. The van der Waals surface area contributed by atoms with Gasteiger partial charge in [-0.2, -0.15) is 8.78 Å². The van der Waals surface area contributed by atoms with Crippen LogP contribution in [0.4, 0.5) is 14.5 Å². The maximum atomic E-state index is 12.1. The van der Waals surface area contributed by atoms with Crippen molar-refractivity contribution in [2.75, 3.05) is 5.32 Å². The number of H-pyrrole nitrogens is 1. The Morgan fingerprint density at radius 2 is 2.00 bits per heavy atom. The molecule has 0 atom stereocenters. The highest BCUT2D eigenvalue weighted by atomic mass is 79.9. The van der Waals surface area contributed by atoms with Crippen LogP contribution in [0.1, 0.15) is 10.5 Å². The SMILES string of the molecule is O=C(Nc1ccc(SC(F)F)cc1)c1cc(Br)c[nH]1. The molecule has 7 heteroatoms. The summed E-state index contributed by atoms with van der Waals surface area (Å²) in [4.78, 5) is 15.1. The van der Waals surface area contributed by atoms with Crippen LogP contribution in [0.2, 0.25) is 0 Å². The Balaban J connectivity index is 2.01. The van der Waals surface area contributed by atoms with Gasteiger partial charge in [-0.1, -0.05) is 11.8 Å². The summed E-state index contributed by atoms with van der Waals surface area (Å²) in [6, 6.07) is 7.89. The van der Waals surface area contributed by atoms with Crippen molar-refractivity contribution in [3.63, 3.8) is 0 Å². The standard InChI is InChI=1S/C12H9BrF2N2OS/c13-7-5-10(16-6-7)11(18)17-8-1-3-9(4-2-8)19-12(14)15/h1-6,12,16H,(H,17,18). The van der Waals surface area contributed by atoms with Crippen molar-refractivity contribution in [2.24, 2.45) is 0 Å². The minimum Gasteiger partial charge on any atom is -0.356 e. The van der Waals surface area contributed by atoms with Gasteiger partial charge in [0.05, 0.1) is 0 Å². The smallest absolute Gasteiger partial charge is 0.288 e. The number of anilines is 1. The van der Waals surface area contributed by atoms with Gasteiger partial charge in [0.25, 0.3) is 11.7 Å². The Labute approximate surface area is 120 Å². The van der Waals surface area contributed by atoms with E-state index >= 15 is 0 Å². The predicted molar refractivity (Wildman–Crippen MR) is 74.7 cm³/mol. The zero-order chi connectivity index (χ0) is 13.8. The molecule has 0 unspecified atom stereocenters. The highest BCUT2D eigenvalue weighted by molar-refractivity contribution is 9.10. The van der Waals surface area contributed by atoms with Gasteiger partial charge < -0.3 is 10.3 Å². The number of benzene rings is 1. The number of thioether (sulfide) groups is 1. The minimum absolute atomic E-state index is 0.292. The molecule has 1 amide bonds. The lowest BCUT2D eigenvalue weighted by atomic mass is 10.3. The van der Waals surface area contributed by atoms with E-state index in [-0.39, 0.29) is 5.91 Å². The highest BCUT2D eigenvalue weighted by Gasteiger charge is 2.09. The van der Waals surface area contributed by atoms with Crippen molar-refractivity contribution in [1.29, 1.82) is 0 Å². The third-order valence-electron chi connectivity index (χ3n) is 2.23. The summed E-state index contributed by atoms with van der Waals surface area (Å²) in [6.07, 6.45) is 1.65. The lowest BCUT2D eigenvalue weighted by molar-refractivity contribution is 0.102. The molecule has 2 aromatic rings. The number of aromatic nitrogens is 1. The predicted octanol–water partition coefficient (Wildman–Crippen LogP) is 4.34. The van der Waals surface area contributed by atoms with Crippen LogP contribution in [0.15, 0.2) is 45.9 Å². The quantitative estimate of drug-likeness (QED) is 0.808. The first kappa shape index (κ1) is 14.1. The molecule has 1 aromatic carbocycles. The third-order valence-corrected chi connectivity index (χ3v) is 3.41. The fourth-order valence-electron chi connectivity index (χ4n) is 1.42. The van der Waals surface area contributed by atoms with Crippen molar-refractivity contribution in [1.82, 2.24) is 4.98 Å². The lowest BCUT2D eigenvalue weighted by Gasteiger charge is -2.05. The number of aromatic amines is 1. The van der Waals surface area contributed by atoms with Gasteiger partial charge in [0, 0.05) is 21.3 Å². The Hall–Kier alpha value is -1.34. The molecule has 0 aliphatic rings. The van der Waals surface area contributed by atoms with Gasteiger partial charge in [-0.05, 0) is 46.3 Å². The van der Waals surface area contributed by atoms with Gasteiger partial charge in [-0.3, -0.25) is 4.79 Å². The number of amides is 1. The van der Waals surface area contributed by atoms with E-state index in [1.807, 2.05) is 0 Å². The molecular formula is C12H9BrF2N2OS. The molecule has 2 N–H and O–H groups in total. The molecule has 0 spiro atoms. The number of alkyl halides is 2. The third kappa shape index (κ3) is 4.07. The number of nitrogens with one attached hydrogen (secondary N) is 2. The van der Waals surface area contributed by atoms with E-state index in [9.17, 15) is 13.6 Å². The van der Waals surface area contributed by atoms with Crippen molar-refractivity contribution in [2.45, 2.75) is 10.7 Å². The first-order valence-electron chi connectivity index (χ1n) is 5.25. The van der Waals surface area contributed by atoms with Gasteiger partial charge in [-0.25, -0.2) is 0 Å². The molecule has 0 saturated carbocycles. The second-order valence-electron chi connectivity index (χ2n) is 3.59. The number of carbonyl (C=O) groups is 1. The second-order valence-corrected chi connectivity index (χ2v) is 5.57. The molecule has 3 nitrogen and oxygen atoms in total. The van der Waals surface area contributed by atoms with Crippen molar-refractivity contribution in [3.05, 3.63) is 46.7 Å². The second kappa shape index (κ2) is 6.21. The summed E-state index contributed by atoms with van der Waals surface area (Å²) in [5.41, 5.74) is 0.965. The maximum absolute atomic E-state index is 12.1. The summed E-state index contributed by atoms with van der Waals surface area (Å²) in [7, 11) is 0. The van der Waals surface area contributed by atoms with E-state index in [1.165, 1.54) is 12.1 Å².